The number of nitrogens with zero attached hydrogens (tertiary/aromatic N) is 4. The van der Waals surface area contributed by atoms with Crippen molar-refractivity contribution in [3.05, 3.63) is 76.8 Å². The van der Waals surface area contributed by atoms with Crippen LogP contribution in [0.1, 0.15) is 26.6 Å². The fourth-order valence-corrected chi connectivity index (χ4v) is 4.01. The van der Waals surface area contributed by atoms with Gasteiger partial charge in [0.15, 0.2) is 4.96 Å². The zero-order valence-electron chi connectivity index (χ0n) is 15.0. The third-order valence-corrected chi connectivity index (χ3v) is 5.37. The molecule has 1 amide bonds. The standard InChI is InChI=1S/C20H20N4OS/c1-14-12-24-18(15(2)21-20(24)26-14)13-22(3)19(25)16-7-6-8-17(11-16)23-9-4-5-10-23/h4-12H,13H2,1-3H3. The van der Waals surface area contributed by atoms with Crippen LogP contribution in [0.5, 0.6) is 0 Å². The molecule has 0 N–H and O–H groups in total. The monoisotopic (exact) mass is 364 g/mol. The van der Waals surface area contributed by atoms with Crippen molar-refractivity contribution >= 4 is 22.2 Å². The fourth-order valence-electron chi connectivity index (χ4n) is 3.12. The predicted octanol–water partition coefficient (Wildman–Crippen LogP) is 4.08. The molecule has 0 radical (unpaired) electrons. The van der Waals surface area contributed by atoms with Crippen LogP contribution in [0, 0.1) is 13.8 Å². The Kier molecular flexibility index (Phi) is 4.12. The van der Waals surface area contributed by atoms with Gasteiger partial charge < -0.3 is 9.47 Å². The quantitative estimate of drug-likeness (QED) is 0.548. The van der Waals surface area contributed by atoms with E-state index in [0.717, 1.165) is 22.0 Å². The highest BCUT2D eigenvalue weighted by molar-refractivity contribution is 7.17. The number of aryl methyl sites for hydroxylation is 2. The van der Waals surface area contributed by atoms with Crippen molar-refractivity contribution in [2.45, 2.75) is 20.4 Å². The minimum atomic E-state index is 0.000285. The van der Waals surface area contributed by atoms with E-state index in [1.807, 2.05) is 67.3 Å². The smallest absolute Gasteiger partial charge is 0.254 e. The van der Waals surface area contributed by atoms with Gasteiger partial charge in [0.1, 0.15) is 0 Å². The molecule has 3 heterocycles. The number of aromatic nitrogens is 3. The summed E-state index contributed by atoms with van der Waals surface area (Å²) < 4.78 is 4.09. The lowest BCUT2D eigenvalue weighted by atomic mass is 10.1. The van der Waals surface area contributed by atoms with Crippen LogP contribution in [-0.4, -0.2) is 31.8 Å². The van der Waals surface area contributed by atoms with Crippen LogP contribution in [0.15, 0.2) is 55.0 Å². The number of hydrogen-bond acceptors (Lipinski definition) is 3. The van der Waals surface area contributed by atoms with Crippen molar-refractivity contribution in [1.29, 1.82) is 0 Å². The molecule has 0 atom stereocenters. The molecule has 0 aliphatic heterocycles. The number of thiazole rings is 1. The van der Waals surface area contributed by atoms with E-state index in [4.69, 9.17) is 0 Å². The molecule has 1 aromatic carbocycles. The molecule has 5 nitrogen and oxygen atoms in total. The first-order valence-corrected chi connectivity index (χ1v) is 9.27. The first kappa shape index (κ1) is 16.6. The van der Waals surface area contributed by atoms with Crippen LogP contribution < -0.4 is 0 Å². The van der Waals surface area contributed by atoms with Crippen LogP contribution in [0.25, 0.3) is 10.6 Å². The highest BCUT2D eigenvalue weighted by Gasteiger charge is 2.17. The number of benzene rings is 1. The summed E-state index contributed by atoms with van der Waals surface area (Å²) in [5.74, 6) is 0.000285. The molecule has 0 unspecified atom stereocenters. The minimum absolute atomic E-state index is 0.000285. The molecular formula is C20H20N4OS. The summed E-state index contributed by atoms with van der Waals surface area (Å²) in [5.41, 5.74) is 3.68. The van der Waals surface area contributed by atoms with E-state index >= 15 is 0 Å². The molecule has 4 rings (SSSR count). The number of imidazole rings is 1. The van der Waals surface area contributed by atoms with Gasteiger partial charge in [-0.2, -0.15) is 0 Å². The molecule has 26 heavy (non-hydrogen) atoms. The van der Waals surface area contributed by atoms with Gasteiger partial charge >= 0.3 is 0 Å². The maximum absolute atomic E-state index is 12.9. The first-order valence-electron chi connectivity index (χ1n) is 8.46. The summed E-state index contributed by atoms with van der Waals surface area (Å²) >= 11 is 1.67. The number of hydrogen-bond donors (Lipinski definition) is 0. The number of amides is 1. The second-order valence-electron chi connectivity index (χ2n) is 6.44. The van der Waals surface area contributed by atoms with Gasteiger partial charge in [-0.15, -0.1) is 11.3 Å². The third-order valence-electron chi connectivity index (χ3n) is 4.47. The van der Waals surface area contributed by atoms with Crippen molar-refractivity contribution in [3.8, 4) is 5.69 Å². The fraction of sp³-hybridized carbons (Fsp3) is 0.200. The van der Waals surface area contributed by atoms with Gasteiger partial charge in [-0.05, 0) is 44.2 Å². The largest absolute Gasteiger partial charge is 0.336 e. The topological polar surface area (TPSA) is 42.5 Å². The molecule has 3 aromatic heterocycles. The van der Waals surface area contributed by atoms with Crippen molar-refractivity contribution in [3.63, 3.8) is 0 Å². The maximum Gasteiger partial charge on any atom is 0.254 e. The predicted molar refractivity (Wildman–Crippen MR) is 104 cm³/mol. The van der Waals surface area contributed by atoms with Crippen molar-refractivity contribution in [2.24, 2.45) is 0 Å². The lowest BCUT2D eigenvalue weighted by Crippen LogP contribution is -2.27. The summed E-state index contributed by atoms with van der Waals surface area (Å²) in [7, 11) is 1.84. The number of carbonyl (C=O) groups is 1. The summed E-state index contributed by atoms with van der Waals surface area (Å²) in [6.45, 7) is 4.59. The van der Waals surface area contributed by atoms with Crippen LogP contribution in [0.3, 0.4) is 0 Å². The van der Waals surface area contributed by atoms with Gasteiger partial charge in [0.25, 0.3) is 5.91 Å². The van der Waals surface area contributed by atoms with E-state index < -0.39 is 0 Å². The van der Waals surface area contributed by atoms with Gasteiger partial charge in [0, 0.05) is 41.8 Å². The van der Waals surface area contributed by atoms with Crippen molar-refractivity contribution in [1.82, 2.24) is 18.9 Å². The lowest BCUT2D eigenvalue weighted by molar-refractivity contribution is 0.0783. The Labute approximate surface area is 156 Å². The second-order valence-corrected chi connectivity index (χ2v) is 7.65. The number of rotatable bonds is 4. The average Bonchev–Trinajstić information content (AvgIpc) is 3.33. The van der Waals surface area contributed by atoms with Gasteiger partial charge in [0.2, 0.25) is 0 Å². The molecule has 0 spiro atoms. The third kappa shape index (κ3) is 2.93. The zero-order chi connectivity index (χ0) is 18.3. The molecular weight excluding hydrogens is 344 g/mol. The maximum atomic E-state index is 12.9. The SMILES string of the molecule is Cc1cn2c(CN(C)C(=O)c3cccc(-n4cccc4)c3)c(C)nc2s1. The first-order chi connectivity index (χ1) is 12.5. The van der Waals surface area contributed by atoms with Crippen LogP contribution in [0.4, 0.5) is 0 Å². The number of carbonyl (C=O) groups excluding carboxylic acids is 1. The summed E-state index contributed by atoms with van der Waals surface area (Å²) in [5, 5.41) is 0. The van der Waals surface area contributed by atoms with E-state index in [1.165, 1.54) is 4.88 Å². The van der Waals surface area contributed by atoms with Crippen molar-refractivity contribution in [2.75, 3.05) is 7.05 Å². The molecule has 0 aliphatic rings. The molecule has 0 bridgehead atoms. The molecule has 6 heteroatoms. The highest BCUT2D eigenvalue weighted by atomic mass is 32.1. The zero-order valence-corrected chi connectivity index (χ0v) is 15.8. The van der Waals surface area contributed by atoms with E-state index in [0.29, 0.717) is 12.1 Å². The van der Waals surface area contributed by atoms with Gasteiger partial charge in [-0.25, -0.2) is 4.98 Å². The Hall–Kier alpha value is -2.86. The van der Waals surface area contributed by atoms with E-state index in [-0.39, 0.29) is 5.91 Å². The normalized spacial score (nSPS) is 11.2. The molecule has 0 aliphatic carbocycles. The molecule has 4 aromatic rings. The van der Waals surface area contributed by atoms with Gasteiger partial charge in [0.05, 0.1) is 17.9 Å². The van der Waals surface area contributed by atoms with Crippen molar-refractivity contribution < 1.29 is 4.79 Å². The van der Waals surface area contributed by atoms with Crippen LogP contribution in [-0.2, 0) is 6.54 Å². The van der Waals surface area contributed by atoms with Gasteiger partial charge in [-0.1, -0.05) is 6.07 Å². The van der Waals surface area contributed by atoms with Crippen LogP contribution >= 0.6 is 11.3 Å². The Morgan fingerprint density at radius 3 is 2.73 bits per heavy atom. The van der Waals surface area contributed by atoms with E-state index in [1.54, 1.807) is 16.2 Å². The summed E-state index contributed by atoms with van der Waals surface area (Å²) in [6.07, 6.45) is 6.03. The molecule has 0 saturated heterocycles. The Balaban J connectivity index is 1.60. The molecule has 0 saturated carbocycles. The van der Waals surface area contributed by atoms with Gasteiger partial charge in [-0.3, -0.25) is 9.20 Å². The second kappa shape index (κ2) is 6.46. The molecule has 0 fully saturated rings. The average molecular weight is 364 g/mol. The highest BCUT2D eigenvalue weighted by Crippen LogP contribution is 2.22. The molecule has 132 valence electrons. The van der Waals surface area contributed by atoms with Crippen LogP contribution in [0.2, 0.25) is 0 Å². The lowest BCUT2D eigenvalue weighted by Gasteiger charge is -2.18. The van der Waals surface area contributed by atoms with E-state index in [9.17, 15) is 4.79 Å². The Morgan fingerprint density at radius 2 is 1.96 bits per heavy atom. The summed E-state index contributed by atoms with van der Waals surface area (Å²) in [6, 6.07) is 11.6. The number of fused-ring (bicyclic) bond motifs is 1. The summed E-state index contributed by atoms with van der Waals surface area (Å²) in [4.78, 5) is 21.5. The Morgan fingerprint density at radius 1 is 1.19 bits per heavy atom. The minimum Gasteiger partial charge on any atom is -0.336 e. The Bertz CT molecular complexity index is 1070. The van der Waals surface area contributed by atoms with E-state index in [2.05, 4.69) is 22.5 Å².